The third-order valence-electron chi connectivity index (χ3n) is 2.29. The molecule has 4 nitrogen and oxygen atoms in total. The van der Waals surface area contributed by atoms with Gasteiger partial charge >= 0.3 is 0 Å². The van der Waals surface area contributed by atoms with Gasteiger partial charge < -0.3 is 15.5 Å². The van der Waals surface area contributed by atoms with Crippen molar-refractivity contribution in [2.45, 2.75) is 33.2 Å². The molecule has 0 saturated carbocycles. The van der Waals surface area contributed by atoms with Crippen LogP contribution in [0.5, 0.6) is 0 Å². The number of nitrogens with two attached hydrogens (primary N) is 1. The van der Waals surface area contributed by atoms with E-state index >= 15 is 0 Å². The molecular formula is C11H26N4. The first-order valence-electron chi connectivity index (χ1n) is 5.74. The van der Waals surface area contributed by atoms with Crippen molar-refractivity contribution in [1.29, 1.82) is 0 Å². The van der Waals surface area contributed by atoms with Gasteiger partial charge in [-0.25, -0.2) is 0 Å². The maximum absolute atomic E-state index is 5.95. The van der Waals surface area contributed by atoms with Crippen LogP contribution >= 0.6 is 0 Å². The van der Waals surface area contributed by atoms with E-state index in [1.165, 1.54) is 0 Å². The van der Waals surface area contributed by atoms with Gasteiger partial charge in [0.1, 0.15) is 0 Å². The Morgan fingerprint density at radius 1 is 1.33 bits per heavy atom. The minimum absolute atomic E-state index is 0.408. The van der Waals surface area contributed by atoms with Gasteiger partial charge in [-0.1, -0.05) is 6.92 Å². The molecule has 0 saturated heterocycles. The summed E-state index contributed by atoms with van der Waals surface area (Å²) in [6.45, 7) is 9.12. The van der Waals surface area contributed by atoms with Crippen molar-refractivity contribution in [3.63, 3.8) is 0 Å². The van der Waals surface area contributed by atoms with Crippen LogP contribution in [0.15, 0.2) is 4.99 Å². The molecule has 0 aromatic heterocycles. The lowest BCUT2D eigenvalue weighted by Gasteiger charge is -2.30. The lowest BCUT2D eigenvalue weighted by atomic mass is 10.3. The predicted molar refractivity (Wildman–Crippen MR) is 67.2 cm³/mol. The van der Waals surface area contributed by atoms with Crippen molar-refractivity contribution in [1.82, 2.24) is 9.80 Å². The zero-order valence-corrected chi connectivity index (χ0v) is 10.8. The summed E-state index contributed by atoms with van der Waals surface area (Å²) < 4.78 is 0. The van der Waals surface area contributed by atoms with E-state index in [1.807, 2.05) is 0 Å². The van der Waals surface area contributed by atoms with E-state index in [0.29, 0.717) is 12.0 Å². The zero-order chi connectivity index (χ0) is 11.8. The third-order valence-corrected chi connectivity index (χ3v) is 2.29. The molecule has 4 heteroatoms. The van der Waals surface area contributed by atoms with Crippen molar-refractivity contribution in [2.75, 3.05) is 33.7 Å². The molecule has 0 radical (unpaired) electrons. The Labute approximate surface area is 94.1 Å². The molecule has 0 fully saturated rings. The number of hydrogen-bond donors (Lipinski definition) is 1. The second-order valence-electron chi connectivity index (χ2n) is 4.14. The summed E-state index contributed by atoms with van der Waals surface area (Å²) in [7, 11) is 4.15. The van der Waals surface area contributed by atoms with E-state index < -0.39 is 0 Å². The maximum Gasteiger partial charge on any atom is 0.191 e. The Kier molecular flexibility index (Phi) is 7.13. The first-order chi connectivity index (χ1) is 7.02. The molecule has 0 amide bonds. The van der Waals surface area contributed by atoms with Crippen LogP contribution < -0.4 is 5.73 Å². The third kappa shape index (κ3) is 5.62. The first kappa shape index (κ1) is 14.2. The highest BCUT2D eigenvalue weighted by molar-refractivity contribution is 5.78. The largest absolute Gasteiger partial charge is 0.370 e. The molecule has 0 heterocycles. The summed E-state index contributed by atoms with van der Waals surface area (Å²) in [4.78, 5) is 8.66. The van der Waals surface area contributed by atoms with Crippen molar-refractivity contribution >= 4 is 5.96 Å². The average molecular weight is 214 g/mol. The van der Waals surface area contributed by atoms with Crippen LogP contribution in [0.2, 0.25) is 0 Å². The van der Waals surface area contributed by atoms with E-state index in [4.69, 9.17) is 5.73 Å². The summed E-state index contributed by atoms with van der Waals surface area (Å²) in [6, 6.07) is 0.408. The first-order valence-corrected chi connectivity index (χ1v) is 5.74. The Morgan fingerprint density at radius 3 is 2.33 bits per heavy atom. The van der Waals surface area contributed by atoms with E-state index in [0.717, 1.165) is 26.1 Å². The van der Waals surface area contributed by atoms with Crippen molar-refractivity contribution in [2.24, 2.45) is 10.7 Å². The number of hydrogen-bond acceptors (Lipinski definition) is 2. The summed E-state index contributed by atoms with van der Waals surface area (Å²) in [6.07, 6.45) is 1.04. The Hall–Kier alpha value is -0.770. The molecule has 0 rings (SSSR count). The highest BCUT2D eigenvalue weighted by Crippen LogP contribution is 2.00. The van der Waals surface area contributed by atoms with E-state index in [-0.39, 0.29) is 0 Å². The van der Waals surface area contributed by atoms with Crippen molar-refractivity contribution in [3.05, 3.63) is 0 Å². The van der Waals surface area contributed by atoms with Crippen LogP contribution in [-0.4, -0.2) is 55.5 Å². The number of rotatable bonds is 6. The van der Waals surface area contributed by atoms with Gasteiger partial charge in [-0.15, -0.1) is 0 Å². The Balaban J connectivity index is 4.32. The van der Waals surface area contributed by atoms with E-state index in [2.05, 4.69) is 49.7 Å². The number of guanidine groups is 1. The van der Waals surface area contributed by atoms with Crippen LogP contribution in [0.1, 0.15) is 27.2 Å². The molecule has 0 aliphatic carbocycles. The quantitative estimate of drug-likeness (QED) is 0.529. The summed E-state index contributed by atoms with van der Waals surface area (Å²) in [5.41, 5.74) is 5.95. The van der Waals surface area contributed by atoms with Gasteiger partial charge in [0.05, 0.1) is 0 Å². The van der Waals surface area contributed by atoms with Gasteiger partial charge in [-0.05, 0) is 34.4 Å². The van der Waals surface area contributed by atoms with Crippen molar-refractivity contribution < 1.29 is 0 Å². The molecule has 2 N–H and O–H groups in total. The Bertz CT molecular complexity index is 189. The molecule has 1 unspecified atom stereocenters. The van der Waals surface area contributed by atoms with Crippen molar-refractivity contribution in [3.8, 4) is 0 Å². The lowest BCUT2D eigenvalue weighted by Crippen LogP contribution is -2.47. The molecule has 1 atom stereocenters. The molecular weight excluding hydrogens is 188 g/mol. The number of aliphatic imine (C=N–C) groups is 1. The monoisotopic (exact) mass is 214 g/mol. The standard InChI is InChI=1S/C11H26N4/c1-6-8-13-11(12)15(7-2)10(3)9-14(4)5/h10H,6-9H2,1-5H3,(H2,12,13). The second-order valence-corrected chi connectivity index (χ2v) is 4.14. The van der Waals surface area contributed by atoms with Gasteiger partial charge in [0.15, 0.2) is 5.96 Å². The topological polar surface area (TPSA) is 44.9 Å². The summed E-state index contributed by atoms with van der Waals surface area (Å²) >= 11 is 0. The molecule has 0 bridgehead atoms. The molecule has 0 aromatic carbocycles. The fourth-order valence-corrected chi connectivity index (χ4v) is 1.64. The van der Waals surface area contributed by atoms with Gasteiger partial charge in [0, 0.05) is 25.7 Å². The minimum Gasteiger partial charge on any atom is -0.370 e. The van der Waals surface area contributed by atoms with Crippen LogP contribution in [0.3, 0.4) is 0 Å². The smallest absolute Gasteiger partial charge is 0.191 e. The van der Waals surface area contributed by atoms with E-state index in [9.17, 15) is 0 Å². The normalized spacial score (nSPS) is 14.4. The molecule has 0 aliphatic rings. The van der Waals surface area contributed by atoms with Gasteiger partial charge in [-0.3, -0.25) is 4.99 Å². The molecule has 15 heavy (non-hydrogen) atoms. The number of likely N-dealkylation sites (N-methyl/N-ethyl adjacent to an activating group) is 2. The van der Waals surface area contributed by atoms with Crippen LogP contribution in [0.25, 0.3) is 0 Å². The zero-order valence-electron chi connectivity index (χ0n) is 10.8. The molecule has 0 aliphatic heterocycles. The maximum atomic E-state index is 5.95. The Morgan fingerprint density at radius 2 is 1.93 bits per heavy atom. The fourth-order valence-electron chi connectivity index (χ4n) is 1.64. The fraction of sp³-hybridized carbons (Fsp3) is 0.909. The predicted octanol–water partition coefficient (Wildman–Crippen LogP) is 0.983. The lowest BCUT2D eigenvalue weighted by molar-refractivity contribution is 0.261. The summed E-state index contributed by atoms with van der Waals surface area (Å²) in [5.74, 6) is 0.675. The van der Waals surface area contributed by atoms with Gasteiger partial charge in [-0.2, -0.15) is 0 Å². The summed E-state index contributed by atoms with van der Waals surface area (Å²) in [5, 5.41) is 0. The van der Waals surface area contributed by atoms with Gasteiger partial charge in [0.25, 0.3) is 0 Å². The molecule has 0 aromatic rings. The molecule has 0 spiro atoms. The van der Waals surface area contributed by atoms with E-state index in [1.54, 1.807) is 0 Å². The highest BCUT2D eigenvalue weighted by Gasteiger charge is 2.14. The minimum atomic E-state index is 0.408. The van der Waals surface area contributed by atoms with Crippen LogP contribution in [0, 0.1) is 0 Å². The average Bonchev–Trinajstić information content (AvgIpc) is 2.14. The van der Waals surface area contributed by atoms with Crippen LogP contribution in [-0.2, 0) is 0 Å². The second kappa shape index (κ2) is 7.51. The SMILES string of the molecule is CCCN=C(N)N(CC)C(C)CN(C)C. The number of nitrogens with zero attached hydrogens (tertiary/aromatic N) is 3. The van der Waals surface area contributed by atoms with Gasteiger partial charge in [0.2, 0.25) is 0 Å². The highest BCUT2D eigenvalue weighted by atomic mass is 15.3. The molecule has 90 valence electrons. The van der Waals surface area contributed by atoms with Crippen LogP contribution in [0.4, 0.5) is 0 Å².